The molecule has 2 aromatic carbocycles. The minimum atomic E-state index is 0.501. The Morgan fingerprint density at radius 2 is 1.21 bits per heavy atom. The highest BCUT2D eigenvalue weighted by molar-refractivity contribution is 9.10. The second-order valence-electron chi connectivity index (χ2n) is 4.80. The van der Waals surface area contributed by atoms with Crippen molar-refractivity contribution in [2.75, 3.05) is 0 Å². The lowest BCUT2D eigenvalue weighted by molar-refractivity contribution is 0.878. The van der Waals surface area contributed by atoms with Crippen LogP contribution in [0, 0.1) is 0 Å². The first kappa shape index (κ1) is 14.9. The molecule has 0 atom stereocenters. The topological polar surface area (TPSA) is 0 Å². The van der Waals surface area contributed by atoms with Crippen LogP contribution in [0.5, 0.6) is 0 Å². The van der Waals surface area contributed by atoms with Gasteiger partial charge in [-0.1, -0.05) is 93.1 Å². The largest absolute Gasteiger partial charge is 0.209 e. The average Bonchev–Trinajstić information content (AvgIpc) is 2.43. The molecule has 0 amide bonds. The van der Waals surface area contributed by atoms with Gasteiger partial charge in [-0.25, -0.2) is 0 Å². The lowest BCUT2D eigenvalue weighted by Gasteiger charge is -2.14. The normalized spacial score (nSPS) is 10.5. The molecule has 0 nitrogen and oxygen atoms in total. The maximum atomic E-state index is 3.51. The Morgan fingerprint density at radius 1 is 0.789 bits per heavy atom. The Labute approximate surface area is 133 Å². The molecule has 0 spiro atoms. The smallest absolute Gasteiger partial charge is 0.0741 e. The first-order valence-electron chi connectivity index (χ1n) is 6.71. The summed E-state index contributed by atoms with van der Waals surface area (Å²) in [4.78, 5) is 0. The van der Waals surface area contributed by atoms with Crippen LogP contribution < -0.4 is 10.9 Å². The van der Waals surface area contributed by atoms with Gasteiger partial charge in [0.05, 0.1) is 0 Å². The molecule has 0 radical (unpaired) electrons. The van der Waals surface area contributed by atoms with Crippen molar-refractivity contribution in [2.24, 2.45) is 0 Å². The maximum absolute atomic E-state index is 3.51. The van der Waals surface area contributed by atoms with Crippen molar-refractivity contribution in [1.29, 1.82) is 0 Å². The first-order valence-corrected chi connectivity index (χ1v) is 8.30. The van der Waals surface area contributed by atoms with Crippen LogP contribution in [-0.4, -0.2) is 6.71 Å². The van der Waals surface area contributed by atoms with E-state index in [1.54, 1.807) is 0 Å². The zero-order valence-corrected chi connectivity index (χ0v) is 14.2. The summed E-state index contributed by atoms with van der Waals surface area (Å²) in [5, 5.41) is 0. The van der Waals surface area contributed by atoms with Crippen LogP contribution in [0.4, 0.5) is 0 Å². The van der Waals surface area contributed by atoms with E-state index in [0.717, 1.165) is 8.95 Å². The molecule has 0 aliphatic carbocycles. The van der Waals surface area contributed by atoms with Gasteiger partial charge in [-0.05, 0) is 24.3 Å². The number of hydrogen-bond donors (Lipinski definition) is 0. The van der Waals surface area contributed by atoms with Crippen LogP contribution in [0.2, 0.25) is 6.32 Å². The standard InChI is InChI=1S/C16H17BBr2/c1-2-3-12-17(13-4-8-15(18)9-5-13)14-6-10-16(19)11-7-14/h4-11H,2-3,12H2,1H3. The van der Waals surface area contributed by atoms with Crippen LogP contribution >= 0.6 is 31.9 Å². The van der Waals surface area contributed by atoms with E-state index in [1.165, 1.54) is 30.1 Å². The first-order chi connectivity index (χ1) is 9.20. The lowest BCUT2D eigenvalue weighted by atomic mass is 9.38. The van der Waals surface area contributed by atoms with Crippen molar-refractivity contribution in [3.8, 4) is 0 Å². The molecule has 0 aliphatic heterocycles. The van der Waals surface area contributed by atoms with Crippen LogP contribution in [0.1, 0.15) is 19.8 Å². The van der Waals surface area contributed by atoms with E-state index in [2.05, 4.69) is 87.3 Å². The summed E-state index contributed by atoms with van der Waals surface area (Å²) in [5.74, 6) is 0. The van der Waals surface area contributed by atoms with Crippen molar-refractivity contribution in [3.63, 3.8) is 0 Å². The van der Waals surface area contributed by atoms with Crippen molar-refractivity contribution < 1.29 is 0 Å². The van der Waals surface area contributed by atoms with Gasteiger partial charge in [0.25, 0.3) is 0 Å². The van der Waals surface area contributed by atoms with E-state index in [-0.39, 0.29) is 0 Å². The van der Waals surface area contributed by atoms with Gasteiger partial charge in [0, 0.05) is 8.95 Å². The number of rotatable bonds is 5. The predicted molar refractivity (Wildman–Crippen MR) is 93.0 cm³/mol. The third kappa shape index (κ3) is 4.22. The molecule has 0 bridgehead atoms. The second kappa shape index (κ2) is 7.30. The monoisotopic (exact) mass is 378 g/mol. The van der Waals surface area contributed by atoms with Crippen molar-refractivity contribution in [3.05, 3.63) is 57.5 Å². The molecular weight excluding hydrogens is 363 g/mol. The van der Waals surface area contributed by atoms with Crippen LogP contribution in [0.25, 0.3) is 0 Å². The Balaban J connectivity index is 2.29. The van der Waals surface area contributed by atoms with Gasteiger partial charge < -0.3 is 0 Å². The fraction of sp³-hybridized carbons (Fsp3) is 0.250. The average molecular weight is 380 g/mol. The summed E-state index contributed by atoms with van der Waals surface area (Å²) in [5.41, 5.74) is 2.80. The van der Waals surface area contributed by atoms with E-state index >= 15 is 0 Å². The zero-order valence-electron chi connectivity index (χ0n) is 11.1. The van der Waals surface area contributed by atoms with E-state index in [0.29, 0.717) is 6.71 Å². The Hall–Kier alpha value is -0.535. The molecule has 0 fully saturated rings. The highest BCUT2D eigenvalue weighted by Crippen LogP contribution is 2.11. The van der Waals surface area contributed by atoms with Crippen molar-refractivity contribution in [1.82, 2.24) is 0 Å². The third-order valence-corrected chi connectivity index (χ3v) is 4.45. The summed E-state index contributed by atoms with van der Waals surface area (Å²) >= 11 is 7.01. The van der Waals surface area contributed by atoms with Crippen molar-refractivity contribution in [2.45, 2.75) is 26.1 Å². The molecule has 0 heterocycles. The Morgan fingerprint density at radius 3 is 1.58 bits per heavy atom. The molecule has 98 valence electrons. The molecule has 0 unspecified atom stereocenters. The van der Waals surface area contributed by atoms with E-state index in [9.17, 15) is 0 Å². The van der Waals surface area contributed by atoms with Gasteiger partial charge in [0.1, 0.15) is 0 Å². The van der Waals surface area contributed by atoms with Crippen molar-refractivity contribution >= 4 is 49.5 Å². The van der Waals surface area contributed by atoms with Crippen LogP contribution in [0.15, 0.2) is 57.5 Å². The van der Waals surface area contributed by atoms with Gasteiger partial charge in [0.15, 0.2) is 0 Å². The van der Waals surface area contributed by atoms with E-state index < -0.39 is 0 Å². The predicted octanol–water partition coefficient (Wildman–Crippen LogP) is 4.62. The summed E-state index contributed by atoms with van der Waals surface area (Å²) in [6.45, 7) is 2.75. The molecule has 2 aromatic rings. The molecule has 3 heteroatoms. The Bertz CT molecular complexity index is 460. The molecule has 0 saturated carbocycles. The summed E-state index contributed by atoms with van der Waals surface area (Å²) in [6, 6.07) is 17.4. The van der Waals surface area contributed by atoms with E-state index in [1.807, 2.05) is 0 Å². The second-order valence-corrected chi connectivity index (χ2v) is 6.63. The molecular formula is C16H17BBr2. The molecule has 0 aromatic heterocycles. The quantitative estimate of drug-likeness (QED) is 0.665. The zero-order chi connectivity index (χ0) is 13.7. The summed E-state index contributed by atoms with van der Waals surface area (Å²) in [7, 11) is 0. The fourth-order valence-electron chi connectivity index (χ4n) is 2.32. The SMILES string of the molecule is CCCCB(c1ccc(Br)cc1)c1ccc(Br)cc1. The minimum Gasteiger partial charge on any atom is -0.0741 e. The molecule has 19 heavy (non-hydrogen) atoms. The number of benzene rings is 2. The molecule has 0 saturated heterocycles. The van der Waals surface area contributed by atoms with Gasteiger partial charge in [-0.15, -0.1) is 0 Å². The Kier molecular flexibility index (Phi) is 5.71. The molecule has 0 N–H and O–H groups in total. The van der Waals surface area contributed by atoms with Gasteiger partial charge >= 0.3 is 0 Å². The highest BCUT2D eigenvalue weighted by Gasteiger charge is 2.18. The number of unbranched alkanes of at least 4 members (excludes halogenated alkanes) is 1. The maximum Gasteiger partial charge on any atom is 0.209 e. The van der Waals surface area contributed by atoms with Crippen LogP contribution in [0.3, 0.4) is 0 Å². The summed E-state index contributed by atoms with van der Waals surface area (Å²) in [6.07, 6.45) is 3.71. The van der Waals surface area contributed by atoms with Gasteiger partial charge in [-0.3, -0.25) is 0 Å². The molecule has 2 rings (SSSR count). The fourth-order valence-corrected chi connectivity index (χ4v) is 2.85. The summed E-state index contributed by atoms with van der Waals surface area (Å²) < 4.78 is 2.28. The number of hydrogen-bond acceptors (Lipinski definition) is 0. The van der Waals surface area contributed by atoms with Gasteiger partial charge in [-0.2, -0.15) is 0 Å². The number of halogens is 2. The third-order valence-electron chi connectivity index (χ3n) is 3.39. The highest BCUT2D eigenvalue weighted by atomic mass is 79.9. The van der Waals surface area contributed by atoms with E-state index in [4.69, 9.17) is 0 Å². The van der Waals surface area contributed by atoms with Crippen LogP contribution in [-0.2, 0) is 0 Å². The molecule has 0 aliphatic rings. The lowest BCUT2D eigenvalue weighted by Crippen LogP contribution is -2.41. The minimum absolute atomic E-state index is 0.501. The van der Waals surface area contributed by atoms with Gasteiger partial charge in [0.2, 0.25) is 6.71 Å².